The van der Waals surface area contributed by atoms with Gasteiger partial charge in [0.2, 0.25) is 0 Å². The van der Waals surface area contributed by atoms with E-state index in [1.165, 1.54) is 23.5 Å². The van der Waals surface area contributed by atoms with Crippen molar-refractivity contribution in [1.29, 1.82) is 0 Å². The van der Waals surface area contributed by atoms with Gasteiger partial charge in [0.25, 0.3) is 11.8 Å². The summed E-state index contributed by atoms with van der Waals surface area (Å²) in [6.45, 7) is 4.34. The molecule has 2 aromatic carbocycles. The van der Waals surface area contributed by atoms with Crippen molar-refractivity contribution in [3.05, 3.63) is 88.8 Å². The summed E-state index contributed by atoms with van der Waals surface area (Å²) in [7, 11) is 0. The van der Waals surface area contributed by atoms with Crippen molar-refractivity contribution < 1.29 is 14.0 Å². The van der Waals surface area contributed by atoms with Crippen LogP contribution in [0.15, 0.2) is 72.4 Å². The monoisotopic (exact) mass is 516 g/mol. The lowest BCUT2D eigenvalue weighted by Gasteiger charge is -2.48. The molecule has 0 saturated carbocycles. The molecular formula is C27H25FN6O2S. The topological polar surface area (TPSA) is 74.6 Å². The molecule has 2 fully saturated rings. The van der Waals surface area contributed by atoms with Gasteiger partial charge < -0.3 is 9.80 Å². The quantitative estimate of drug-likeness (QED) is 0.407. The maximum Gasteiger partial charge on any atom is 0.282 e. The van der Waals surface area contributed by atoms with Crippen LogP contribution in [0.2, 0.25) is 0 Å². The van der Waals surface area contributed by atoms with E-state index in [9.17, 15) is 14.0 Å². The van der Waals surface area contributed by atoms with Crippen LogP contribution in [0.1, 0.15) is 20.2 Å². The summed E-state index contributed by atoms with van der Waals surface area (Å²) in [5, 5.41) is 6.77. The number of amides is 2. The second-order valence-corrected chi connectivity index (χ2v) is 10.1. The molecule has 2 aliphatic rings. The molecule has 0 unspecified atom stereocenters. The van der Waals surface area contributed by atoms with E-state index in [4.69, 9.17) is 0 Å². The Labute approximate surface area is 217 Å². The second kappa shape index (κ2) is 9.87. The molecule has 0 aliphatic carbocycles. The third kappa shape index (κ3) is 4.65. The number of hydrogen-bond acceptors (Lipinski definition) is 6. The van der Waals surface area contributed by atoms with E-state index < -0.39 is 0 Å². The molecular weight excluding hydrogens is 491 g/mol. The molecule has 6 rings (SSSR count). The molecule has 0 N–H and O–H groups in total. The number of hydrogen-bond donors (Lipinski definition) is 0. The van der Waals surface area contributed by atoms with E-state index in [2.05, 4.69) is 15.0 Å². The van der Waals surface area contributed by atoms with Crippen molar-refractivity contribution in [3.63, 3.8) is 0 Å². The van der Waals surface area contributed by atoms with Gasteiger partial charge in [-0.05, 0) is 54.6 Å². The molecule has 4 heterocycles. The Morgan fingerprint density at radius 2 is 1.57 bits per heavy atom. The number of likely N-dealkylation sites (tertiary alicyclic amines) is 1. The molecule has 10 heteroatoms. The van der Waals surface area contributed by atoms with Gasteiger partial charge in [-0.25, -0.2) is 14.1 Å². The standard InChI is InChI=1S/C27H25FN6O2S/c28-21-5-1-19(2-6-21)24-9-10-30-34(24)22-7-3-20(4-8-22)26(35)33-17-23(18-33)31-12-14-32(15-13-31)27(36)25-29-11-16-37-25/h1-11,16,23H,12-15,17-18H2. The normalized spacial score (nSPS) is 16.6. The molecule has 0 bridgehead atoms. The number of carbonyl (C=O) groups excluding carboxylic acids is 2. The number of rotatable bonds is 5. The van der Waals surface area contributed by atoms with E-state index in [1.807, 2.05) is 45.5 Å². The molecule has 8 nitrogen and oxygen atoms in total. The summed E-state index contributed by atoms with van der Waals surface area (Å²) in [5.41, 5.74) is 3.17. The van der Waals surface area contributed by atoms with Crippen molar-refractivity contribution in [2.75, 3.05) is 39.3 Å². The van der Waals surface area contributed by atoms with E-state index in [0.717, 1.165) is 30.0 Å². The van der Waals surface area contributed by atoms with Crippen LogP contribution in [0.3, 0.4) is 0 Å². The highest BCUT2D eigenvalue weighted by molar-refractivity contribution is 7.11. The number of aromatic nitrogens is 3. The second-order valence-electron chi connectivity index (χ2n) is 9.21. The molecule has 188 valence electrons. The SMILES string of the molecule is O=C(c1ccc(-n2nccc2-c2ccc(F)cc2)cc1)N1CC(N2CCN(C(=O)c3nccs3)CC2)C1. The van der Waals surface area contributed by atoms with Crippen molar-refractivity contribution >= 4 is 23.2 Å². The highest BCUT2D eigenvalue weighted by atomic mass is 32.1. The summed E-state index contributed by atoms with van der Waals surface area (Å²) < 4.78 is 15.1. The third-order valence-electron chi connectivity index (χ3n) is 7.02. The van der Waals surface area contributed by atoms with E-state index in [-0.39, 0.29) is 17.6 Å². The Morgan fingerprint density at radius 1 is 0.838 bits per heavy atom. The molecule has 0 spiro atoms. The van der Waals surface area contributed by atoms with Crippen LogP contribution in [0, 0.1) is 5.82 Å². The number of nitrogens with zero attached hydrogens (tertiary/aromatic N) is 6. The summed E-state index contributed by atoms with van der Waals surface area (Å²) in [4.78, 5) is 35.8. The van der Waals surface area contributed by atoms with Gasteiger partial charge in [-0.1, -0.05) is 0 Å². The average molecular weight is 517 g/mol. The first-order valence-electron chi connectivity index (χ1n) is 12.2. The van der Waals surface area contributed by atoms with Crippen LogP contribution >= 0.6 is 11.3 Å². The maximum atomic E-state index is 13.3. The zero-order chi connectivity index (χ0) is 25.4. The van der Waals surface area contributed by atoms with Crippen molar-refractivity contribution in [1.82, 2.24) is 29.5 Å². The smallest absolute Gasteiger partial charge is 0.282 e. The first kappa shape index (κ1) is 23.5. The van der Waals surface area contributed by atoms with Gasteiger partial charge in [-0.2, -0.15) is 5.10 Å². The fourth-order valence-corrected chi connectivity index (χ4v) is 5.48. The van der Waals surface area contributed by atoms with E-state index >= 15 is 0 Å². The van der Waals surface area contributed by atoms with Gasteiger partial charge in [-0.15, -0.1) is 11.3 Å². The summed E-state index contributed by atoms with van der Waals surface area (Å²) in [5.74, 6) is -0.266. The predicted molar refractivity (Wildman–Crippen MR) is 138 cm³/mol. The molecule has 2 aromatic heterocycles. The maximum absolute atomic E-state index is 13.3. The highest BCUT2D eigenvalue weighted by Crippen LogP contribution is 2.24. The van der Waals surface area contributed by atoms with Crippen LogP contribution in [-0.2, 0) is 0 Å². The Bertz CT molecular complexity index is 1390. The molecule has 0 atom stereocenters. The van der Waals surface area contributed by atoms with Crippen LogP contribution in [-0.4, -0.2) is 86.6 Å². The van der Waals surface area contributed by atoms with Crippen LogP contribution in [0.25, 0.3) is 16.9 Å². The minimum Gasteiger partial charge on any atom is -0.335 e. The largest absolute Gasteiger partial charge is 0.335 e. The molecule has 37 heavy (non-hydrogen) atoms. The lowest BCUT2D eigenvalue weighted by Crippen LogP contribution is -2.64. The van der Waals surface area contributed by atoms with Crippen LogP contribution < -0.4 is 0 Å². The van der Waals surface area contributed by atoms with Crippen molar-refractivity contribution in [3.8, 4) is 16.9 Å². The van der Waals surface area contributed by atoms with Crippen molar-refractivity contribution in [2.24, 2.45) is 0 Å². The third-order valence-corrected chi connectivity index (χ3v) is 7.79. The van der Waals surface area contributed by atoms with Gasteiger partial charge in [0, 0.05) is 68.0 Å². The number of carbonyl (C=O) groups is 2. The van der Waals surface area contributed by atoms with Gasteiger partial charge in [0.15, 0.2) is 5.01 Å². The molecule has 2 amide bonds. The van der Waals surface area contributed by atoms with Gasteiger partial charge in [-0.3, -0.25) is 14.5 Å². The first-order valence-corrected chi connectivity index (χ1v) is 13.1. The highest BCUT2D eigenvalue weighted by Gasteiger charge is 2.37. The minimum atomic E-state index is -0.282. The van der Waals surface area contributed by atoms with Gasteiger partial charge >= 0.3 is 0 Å². The number of piperazine rings is 1. The number of benzene rings is 2. The molecule has 2 aliphatic heterocycles. The van der Waals surface area contributed by atoms with Gasteiger partial charge in [0.1, 0.15) is 5.82 Å². The zero-order valence-corrected chi connectivity index (χ0v) is 20.9. The Kier molecular flexibility index (Phi) is 6.27. The van der Waals surface area contributed by atoms with Gasteiger partial charge in [0.05, 0.1) is 17.6 Å². The number of halogens is 1. The average Bonchev–Trinajstić information content (AvgIpc) is 3.61. The van der Waals surface area contributed by atoms with E-state index in [1.54, 1.807) is 29.2 Å². The Balaban J connectivity index is 1.04. The lowest BCUT2D eigenvalue weighted by atomic mass is 10.0. The summed E-state index contributed by atoms with van der Waals surface area (Å²) >= 11 is 1.37. The fraction of sp³-hybridized carbons (Fsp3) is 0.259. The first-order chi connectivity index (χ1) is 18.1. The lowest BCUT2D eigenvalue weighted by molar-refractivity contribution is 0.00853. The molecule has 0 radical (unpaired) electrons. The van der Waals surface area contributed by atoms with Crippen molar-refractivity contribution in [2.45, 2.75) is 6.04 Å². The molecule has 4 aromatic rings. The number of thiazole rings is 1. The zero-order valence-electron chi connectivity index (χ0n) is 20.0. The predicted octanol–water partition coefficient (Wildman–Crippen LogP) is 3.42. The van der Waals surface area contributed by atoms with Crippen LogP contribution in [0.5, 0.6) is 0 Å². The summed E-state index contributed by atoms with van der Waals surface area (Å²) in [6, 6.07) is 15.9. The van der Waals surface area contributed by atoms with E-state index in [0.29, 0.717) is 42.8 Å². The van der Waals surface area contributed by atoms with Crippen LogP contribution in [0.4, 0.5) is 4.39 Å². The fourth-order valence-electron chi connectivity index (χ4n) is 4.88. The minimum absolute atomic E-state index is 0.00316. The summed E-state index contributed by atoms with van der Waals surface area (Å²) in [6.07, 6.45) is 3.36. The Hall–Kier alpha value is -3.89. The Morgan fingerprint density at radius 3 is 2.24 bits per heavy atom. The molecule has 2 saturated heterocycles.